The van der Waals surface area contributed by atoms with Crippen LogP contribution in [0, 0.1) is 0 Å². The molecule has 3 rings (SSSR count). The van der Waals surface area contributed by atoms with Crippen LogP contribution in [0.25, 0.3) is 10.9 Å². The van der Waals surface area contributed by atoms with Crippen LogP contribution >= 0.6 is 0 Å². The van der Waals surface area contributed by atoms with E-state index in [0.717, 1.165) is 5.56 Å². The largest absolute Gasteiger partial charge is 0.490 e. The van der Waals surface area contributed by atoms with Gasteiger partial charge in [-0.3, -0.25) is 9.89 Å². The summed E-state index contributed by atoms with van der Waals surface area (Å²) < 4.78 is 31.7. The van der Waals surface area contributed by atoms with Gasteiger partial charge in [0.15, 0.2) is 5.69 Å². The van der Waals surface area contributed by atoms with Gasteiger partial charge in [0.1, 0.15) is 0 Å². The highest BCUT2D eigenvalue weighted by atomic mass is 19.4. The van der Waals surface area contributed by atoms with E-state index in [1.807, 2.05) is 30.3 Å². The number of aromatic amines is 1. The maximum absolute atomic E-state index is 12.0. The van der Waals surface area contributed by atoms with E-state index in [2.05, 4.69) is 15.5 Å². The Morgan fingerprint density at radius 3 is 2.21 bits per heavy atom. The number of rotatable bonds is 4. The molecule has 0 bridgehead atoms. The number of amides is 1. The highest BCUT2D eigenvalue weighted by molar-refractivity contribution is 6.03. The summed E-state index contributed by atoms with van der Waals surface area (Å²) in [4.78, 5) is 32.0. The second-order valence-corrected chi connectivity index (χ2v) is 5.65. The Morgan fingerprint density at radius 1 is 1.03 bits per heavy atom. The van der Waals surface area contributed by atoms with Crippen LogP contribution in [0.4, 0.5) is 18.9 Å². The van der Waals surface area contributed by atoms with Crippen molar-refractivity contribution in [2.24, 2.45) is 0 Å². The third-order valence-electron chi connectivity index (χ3n) is 3.50. The lowest BCUT2D eigenvalue weighted by Crippen LogP contribution is -2.21. The van der Waals surface area contributed by atoms with Crippen LogP contribution in [0.1, 0.15) is 16.1 Å². The minimum Gasteiger partial charge on any atom is -0.476 e. The van der Waals surface area contributed by atoms with Crippen LogP contribution in [0.15, 0.2) is 48.5 Å². The number of halogens is 3. The lowest BCUT2D eigenvalue weighted by Gasteiger charge is -2.05. The summed E-state index contributed by atoms with van der Waals surface area (Å²) in [5.74, 6) is -4.03. The Hall–Kier alpha value is -3.89. The summed E-state index contributed by atoms with van der Waals surface area (Å²) >= 11 is 0. The number of hydrogen-bond donors (Lipinski definition) is 4. The van der Waals surface area contributed by atoms with E-state index in [-0.39, 0.29) is 18.0 Å². The molecule has 0 aliphatic carbocycles. The topological polar surface area (TPSA) is 132 Å². The molecule has 0 saturated carbocycles. The number of H-pyrrole nitrogens is 1. The highest BCUT2D eigenvalue weighted by Gasteiger charge is 2.38. The molecule has 0 unspecified atom stereocenters. The average molecular weight is 409 g/mol. The summed E-state index contributed by atoms with van der Waals surface area (Å²) in [6.07, 6.45) is -4.82. The first-order chi connectivity index (χ1) is 13.6. The number of carbonyl (C=O) groups is 3. The number of aliphatic carboxylic acids is 1. The SMILES string of the molecule is O=C(Cc1ccccc1)Nc1ccc2[nH]nc(C(=O)O)c2c1.O=C(O)C(F)(F)F. The summed E-state index contributed by atoms with van der Waals surface area (Å²) in [6, 6.07) is 14.4. The van der Waals surface area contributed by atoms with Gasteiger partial charge in [-0.1, -0.05) is 30.3 Å². The number of hydrogen-bond acceptors (Lipinski definition) is 4. The second-order valence-electron chi connectivity index (χ2n) is 5.65. The zero-order valence-electron chi connectivity index (χ0n) is 14.5. The number of carboxylic acids is 2. The smallest absolute Gasteiger partial charge is 0.476 e. The van der Waals surface area contributed by atoms with Crippen molar-refractivity contribution in [3.05, 3.63) is 59.8 Å². The van der Waals surface area contributed by atoms with Crippen molar-refractivity contribution in [2.75, 3.05) is 5.32 Å². The fraction of sp³-hybridized carbons (Fsp3) is 0.111. The van der Waals surface area contributed by atoms with Crippen molar-refractivity contribution < 1.29 is 37.8 Å². The maximum atomic E-state index is 12.0. The van der Waals surface area contributed by atoms with Gasteiger partial charge in [0.2, 0.25) is 5.91 Å². The first kappa shape index (κ1) is 21.4. The van der Waals surface area contributed by atoms with Gasteiger partial charge in [-0.25, -0.2) is 9.59 Å². The van der Waals surface area contributed by atoms with Gasteiger partial charge < -0.3 is 15.5 Å². The minimum atomic E-state index is -5.08. The normalized spacial score (nSPS) is 10.7. The van der Waals surface area contributed by atoms with Gasteiger partial charge in [-0.2, -0.15) is 18.3 Å². The van der Waals surface area contributed by atoms with Crippen molar-refractivity contribution in [1.29, 1.82) is 0 Å². The standard InChI is InChI=1S/C16H13N3O3.C2HF3O2/c20-14(8-10-4-2-1-3-5-10)17-11-6-7-13-12(9-11)15(16(21)22)19-18-13;3-2(4,5)1(6)7/h1-7,9H,8H2,(H,17,20)(H,18,19)(H,21,22);(H,6,7). The van der Waals surface area contributed by atoms with Gasteiger partial charge in [0.25, 0.3) is 0 Å². The molecule has 29 heavy (non-hydrogen) atoms. The number of nitrogens with one attached hydrogen (secondary N) is 2. The molecule has 0 aliphatic rings. The third-order valence-corrected chi connectivity index (χ3v) is 3.50. The predicted molar refractivity (Wildman–Crippen MR) is 95.5 cm³/mol. The number of anilines is 1. The molecular weight excluding hydrogens is 395 g/mol. The molecule has 0 spiro atoms. The monoisotopic (exact) mass is 409 g/mol. The zero-order valence-corrected chi connectivity index (χ0v) is 14.5. The molecule has 1 aromatic heterocycles. The number of alkyl halides is 3. The first-order valence-corrected chi connectivity index (χ1v) is 7.93. The molecular formula is C18H14F3N3O5. The number of benzene rings is 2. The third kappa shape index (κ3) is 6.06. The quantitative estimate of drug-likeness (QED) is 0.524. The number of carbonyl (C=O) groups excluding carboxylic acids is 1. The Labute approximate surface area is 161 Å². The minimum absolute atomic E-state index is 0.0610. The fourth-order valence-corrected chi connectivity index (χ4v) is 2.24. The van der Waals surface area contributed by atoms with Crippen LogP contribution in [-0.4, -0.2) is 44.4 Å². The van der Waals surface area contributed by atoms with E-state index in [4.69, 9.17) is 15.0 Å². The van der Waals surface area contributed by atoms with E-state index < -0.39 is 18.1 Å². The van der Waals surface area contributed by atoms with E-state index >= 15 is 0 Å². The summed E-state index contributed by atoms with van der Waals surface area (Å²) in [5.41, 5.74) is 2.00. The van der Waals surface area contributed by atoms with Crippen molar-refractivity contribution in [3.63, 3.8) is 0 Å². The van der Waals surface area contributed by atoms with E-state index in [9.17, 15) is 22.8 Å². The highest BCUT2D eigenvalue weighted by Crippen LogP contribution is 2.21. The van der Waals surface area contributed by atoms with Crippen LogP contribution < -0.4 is 5.32 Å². The van der Waals surface area contributed by atoms with Gasteiger partial charge in [0, 0.05) is 11.1 Å². The van der Waals surface area contributed by atoms with Crippen molar-refractivity contribution in [3.8, 4) is 0 Å². The molecule has 0 fully saturated rings. The Kier molecular flexibility index (Phi) is 6.55. The molecule has 4 N–H and O–H groups in total. The molecule has 0 saturated heterocycles. The second kappa shape index (κ2) is 8.87. The molecule has 0 atom stereocenters. The lowest BCUT2D eigenvalue weighted by molar-refractivity contribution is -0.192. The van der Waals surface area contributed by atoms with Crippen molar-refractivity contribution in [2.45, 2.75) is 12.6 Å². The van der Waals surface area contributed by atoms with E-state index in [1.54, 1.807) is 18.2 Å². The van der Waals surface area contributed by atoms with Gasteiger partial charge in [0.05, 0.1) is 11.9 Å². The summed E-state index contributed by atoms with van der Waals surface area (Å²) in [7, 11) is 0. The number of fused-ring (bicyclic) bond motifs is 1. The molecule has 3 aromatic rings. The van der Waals surface area contributed by atoms with Gasteiger partial charge in [-0.15, -0.1) is 0 Å². The molecule has 152 valence electrons. The zero-order chi connectivity index (χ0) is 21.6. The average Bonchev–Trinajstić information content (AvgIpc) is 3.05. The molecule has 11 heteroatoms. The molecule has 1 heterocycles. The first-order valence-electron chi connectivity index (χ1n) is 7.93. The van der Waals surface area contributed by atoms with Crippen molar-refractivity contribution >= 4 is 34.4 Å². The Balaban J connectivity index is 0.000000370. The Bertz CT molecular complexity index is 1030. The van der Waals surface area contributed by atoms with Crippen LogP contribution in [-0.2, 0) is 16.0 Å². The maximum Gasteiger partial charge on any atom is 0.490 e. The van der Waals surface area contributed by atoms with E-state index in [1.165, 1.54) is 0 Å². The fourth-order valence-electron chi connectivity index (χ4n) is 2.24. The molecule has 0 aliphatic heterocycles. The van der Waals surface area contributed by atoms with Crippen LogP contribution in [0.3, 0.4) is 0 Å². The molecule has 0 radical (unpaired) electrons. The lowest BCUT2D eigenvalue weighted by atomic mass is 10.1. The molecule has 2 aromatic carbocycles. The number of aromatic nitrogens is 2. The predicted octanol–water partition coefficient (Wildman–Crippen LogP) is 3.08. The Morgan fingerprint density at radius 2 is 1.66 bits per heavy atom. The number of carboxylic acid groups (broad SMARTS) is 2. The number of nitrogens with zero attached hydrogens (tertiary/aromatic N) is 1. The van der Waals surface area contributed by atoms with E-state index in [0.29, 0.717) is 16.6 Å². The summed E-state index contributed by atoms with van der Waals surface area (Å²) in [6.45, 7) is 0. The molecule has 8 nitrogen and oxygen atoms in total. The van der Waals surface area contributed by atoms with Crippen LogP contribution in [0.2, 0.25) is 0 Å². The van der Waals surface area contributed by atoms with Gasteiger partial charge in [-0.05, 0) is 23.8 Å². The number of aromatic carboxylic acids is 1. The molecule has 1 amide bonds. The van der Waals surface area contributed by atoms with Gasteiger partial charge >= 0.3 is 18.1 Å². The van der Waals surface area contributed by atoms with Crippen LogP contribution in [0.5, 0.6) is 0 Å². The van der Waals surface area contributed by atoms with Crippen molar-refractivity contribution in [1.82, 2.24) is 10.2 Å². The summed E-state index contributed by atoms with van der Waals surface area (Å²) in [5, 5.41) is 25.8.